The van der Waals surface area contributed by atoms with Crippen molar-refractivity contribution in [3.05, 3.63) is 60.7 Å². The molecule has 1 aliphatic rings. The third-order valence-electron chi connectivity index (χ3n) is 4.37. The number of fused-ring (bicyclic) bond motifs is 1. The number of aromatic amines is 1. The summed E-state index contributed by atoms with van der Waals surface area (Å²) in [5.74, 6) is -4.37. The van der Waals surface area contributed by atoms with Gasteiger partial charge in [0.2, 0.25) is 0 Å². The molecule has 16 heteroatoms. The van der Waals surface area contributed by atoms with Gasteiger partial charge in [0.25, 0.3) is 0 Å². The average molecular weight is 553 g/mol. The molecular formula is C22H18F7N3O6. The minimum Gasteiger partial charge on any atom is -0.486 e. The second-order valence-electron chi connectivity index (χ2n) is 7.17. The van der Waals surface area contributed by atoms with Crippen molar-refractivity contribution in [2.45, 2.75) is 18.5 Å². The highest BCUT2D eigenvalue weighted by Gasteiger charge is 2.38. The van der Waals surface area contributed by atoms with Crippen LogP contribution >= 0.6 is 0 Å². The first-order valence-electron chi connectivity index (χ1n) is 10.2. The number of carboxylic acid groups (broad SMARTS) is 2. The summed E-state index contributed by atoms with van der Waals surface area (Å²) in [6.45, 7) is 0.884. The Bertz CT molecular complexity index is 1190. The van der Waals surface area contributed by atoms with E-state index in [9.17, 15) is 30.7 Å². The second kappa shape index (κ2) is 12.6. The highest BCUT2D eigenvalue weighted by Crippen LogP contribution is 2.31. The Morgan fingerprint density at radius 3 is 2.05 bits per heavy atom. The van der Waals surface area contributed by atoms with Crippen molar-refractivity contribution in [1.29, 1.82) is 0 Å². The average Bonchev–Trinajstić information content (AvgIpc) is 3.38. The molecule has 2 aromatic carbocycles. The van der Waals surface area contributed by atoms with Crippen LogP contribution in [0.15, 0.2) is 54.9 Å². The number of benzene rings is 2. The molecule has 206 valence electrons. The predicted octanol–water partition coefficient (Wildman–Crippen LogP) is 4.73. The van der Waals surface area contributed by atoms with Crippen LogP contribution in [-0.2, 0) is 9.59 Å². The molecule has 0 aliphatic carbocycles. The number of carbonyl (C=O) groups is 2. The molecule has 2 heterocycles. The number of carboxylic acids is 2. The van der Waals surface area contributed by atoms with E-state index in [1.807, 2.05) is 30.3 Å². The van der Waals surface area contributed by atoms with Crippen molar-refractivity contribution in [2.24, 2.45) is 0 Å². The number of aromatic nitrogens is 2. The van der Waals surface area contributed by atoms with Crippen molar-refractivity contribution < 1.29 is 60.0 Å². The summed E-state index contributed by atoms with van der Waals surface area (Å²) >= 11 is 0. The smallest absolute Gasteiger partial charge is 0.486 e. The van der Waals surface area contributed by atoms with Crippen LogP contribution in [0.5, 0.6) is 11.5 Å². The zero-order valence-corrected chi connectivity index (χ0v) is 18.8. The quantitative estimate of drug-likeness (QED) is 0.341. The number of para-hydroxylation sites is 2. The molecule has 0 saturated heterocycles. The number of rotatable bonds is 4. The summed E-state index contributed by atoms with van der Waals surface area (Å²) in [5.41, 5.74) is 2.06. The van der Waals surface area contributed by atoms with Crippen LogP contribution in [0, 0.1) is 5.82 Å². The maximum atomic E-state index is 14.3. The standard InChI is InChI=1S/C18H16FN3O2.2C2HF3O2/c19-15-7-12(13-8-21-22-9-13)5-6-16(15)20-10-14-11-23-17-3-1-2-4-18(17)24-14;2*3-2(4,5)1(6)7/h1-9,14,20H,10-11H2,(H,21,22);2*(H,6,7). The highest BCUT2D eigenvalue weighted by atomic mass is 19.4. The second-order valence-corrected chi connectivity index (χ2v) is 7.17. The minimum absolute atomic E-state index is 0.173. The van der Waals surface area contributed by atoms with E-state index in [1.54, 1.807) is 18.5 Å². The van der Waals surface area contributed by atoms with Crippen molar-refractivity contribution in [3.8, 4) is 22.6 Å². The van der Waals surface area contributed by atoms with Crippen LogP contribution in [0.2, 0.25) is 0 Å². The maximum absolute atomic E-state index is 14.3. The molecule has 1 atom stereocenters. The SMILES string of the molecule is Fc1cc(-c2cn[nH]c2)ccc1NCC1COc2ccccc2O1.O=C(O)C(F)(F)F.O=C(O)C(F)(F)F. The number of anilines is 1. The van der Waals surface area contributed by atoms with Crippen LogP contribution < -0.4 is 14.8 Å². The Balaban J connectivity index is 0.000000301. The van der Waals surface area contributed by atoms with Crippen LogP contribution in [0.3, 0.4) is 0 Å². The maximum Gasteiger partial charge on any atom is 0.490 e. The summed E-state index contributed by atoms with van der Waals surface area (Å²) < 4.78 is 89.2. The van der Waals surface area contributed by atoms with Gasteiger partial charge in [-0.15, -0.1) is 0 Å². The third kappa shape index (κ3) is 9.18. The summed E-state index contributed by atoms with van der Waals surface area (Å²) in [6.07, 6.45) is -6.95. The van der Waals surface area contributed by atoms with Gasteiger partial charge in [-0.3, -0.25) is 5.10 Å². The van der Waals surface area contributed by atoms with E-state index in [1.165, 1.54) is 6.07 Å². The van der Waals surface area contributed by atoms with Gasteiger partial charge in [-0.05, 0) is 29.8 Å². The summed E-state index contributed by atoms with van der Waals surface area (Å²) in [5, 5.41) is 23.9. The van der Waals surface area contributed by atoms with Gasteiger partial charge in [-0.25, -0.2) is 14.0 Å². The first-order valence-corrected chi connectivity index (χ1v) is 10.2. The van der Waals surface area contributed by atoms with Crippen molar-refractivity contribution >= 4 is 17.6 Å². The Kier molecular flexibility index (Phi) is 9.89. The Labute approximate surface area is 208 Å². The monoisotopic (exact) mass is 553 g/mol. The number of H-pyrrole nitrogens is 1. The Morgan fingerprint density at radius 2 is 1.55 bits per heavy atom. The predicted molar refractivity (Wildman–Crippen MR) is 116 cm³/mol. The van der Waals surface area contributed by atoms with Crippen LogP contribution in [0.25, 0.3) is 11.1 Å². The van der Waals surface area contributed by atoms with Crippen molar-refractivity contribution in [2.75, 3.05) is 18.5 Å². The number of aliphatic carboxylic acids is 2. The summed E-state index contributed by atoms with van der Waals surface area (Å²) in [6, 6.07) is 12.6. The topological polar surface area (TPSA) is 134 Å². The van der Waals surface area contributed by atoms with E-state index in [-0.39, 0.29) is 11.9 Å². The molecule has 0 bridgehead atoms. The van der Waals surface area contributed by atoms with Crippen molar-refractivity contribution in [3.63, 3.8) is 0 Å². The normalized spacial score (nSPS) is 14.2. The Morgan fingerprint density at radius 1 is 0.974 bits per heavy atom. The summed E-state index contributed by atoms with van der Waals surface area (Å²) in [4.78, 5) is 17.8. The van der Waals surface area contributed by atoms with Gasteiger partial charge in [0.15, 0.2) is 11.5 Å². The molecule has 4 rings (SSSR count). The molecule has 0 radical (unpaired) electrons. The van der Waals surface area contributed by atoms with Gasteiger partial charge in [-0.1, -0.05) is 18.2 Å². The molecule has 0 fully saturated rings. The first-order chi connectivity index (χ1) is 17.7. The number of nitrogens with zero attached hydrogens (tertiary/aromatic N) is 1. The van der Waals surface area contributed by atoms with E-state index in [0.29, 0.717) is 24.6 Å². The number of alkyl halides is 6. The fourth-order valence-electron chi connectivity index (χ4n) is 2.63. The zero-order valence-electron chi connectivity index (χ0n) is 18.8. The van der Waals surface area contributed by atoms with Crippen LogP contribution in [0.4, 0.5) is 36.4 Å². The van der Waals surface area contributed by atoms with Gasteiger partial charge in [-0.2, -0.15) is 31.4 Å². The Hall–Kier alpha value is -4.50. The molecule has 1 unspecified atom stereocenters. The van der Waals surface area contributed by atoms with E-state index in [0.717, 1.165) is 16.9 Å². The minimum atomic E-state index is -5.08. The van der Waals surface area contributed by atoms with Gasteiger partial charge >= 0.3 is 24.3 Å². The molecule has 1 aromatic heterocycles. The fraction of sp³-hybridized carbons (Fsp3) is 0.227. The molecule has 1 aliphatic heterocycles. The molecule has 0 amide bonds. The molecule has 0 spiro atoms. The van der Waals surface area contributed by atoms with E-state index >= 15 is 0 Å². The lowest BCUT2D eigenvalue weighted by Crippen LogP contribution is -2.35. The molecule has 38 heavy (non-hydrogen) atoms. The number of hydrogen-bond donors (Lipinski definition) is 4. The molecule has 3 aromatic rings. The lowest BCUT2D eigenvalue weighted by atomic mass is 10.1. The lowest BCUT2D eigenvalue weighted by Gasteiger charge is -2.26. The van der Waals surface area contributed by atoms with Gasteiger partial charge < -0.3 is 25.0 Å². The van der Waals surface area contributed by atoms with Gasteiger partial charge in [0, 0.05) is 11.8 Å². The van der Waals surface area contributed by atoms with Crippen LogP contribution in [-0.4, -0.2) is 64.0 Å². The highest BCUT2D eigenvalue weighted by molar-refractivity contribution is 5.73. The fourth-order valence-corrected chi connectivity index (χ4v) is 2.63. The molecule has 4 N–H and O–H groups in total. The van der Waals surface area contributed by atoms with Crippen molar-refractivity contribution in [1.82, 2.24) is 10.2 Å². The molecule has 9 nitrogen and oxygen atoms in total. The summed E-state index contributed by atoms with van der Waals surface area (Å²) in [7, 11) is 0. The molecule has 0 saturated carbocycles. The number of hydrogen-bond acceptors (Lipinski definition) is 6. The number of ether oxygens (including phenoxy) is 2. The lowest BCUT2D eigenvalue weighted by molar-refractivity contribution is -0.193. The van der Waals surface area contributed by atoms with Gasteiger partial charge in [0.05, 0.1) is 18.4 Å². The third-order valence-corrected chi connectivity index (χ3v) is 4.37. The van der Waals surface area contributed by atoms with Gasteiger partial charge in [0.1, 0.15) is 18.5 Å². The van der Waals surface area contributed by atoms with E-state index in [4.69, 9.17) is 29.3 Å². The van der Waals surface area contributed by atoms with E-state index in [2.05, 4.69) is 15.5 Å². The number of nitrogens with one attached hydrogen (secondary N) is 2. The van der Waals surface area contributed by atoms with Crippen LogP contribution in [0.1, 0.15) is 0 Å². The largest absolute Gasteiger partial charge is 0.490 e. The molecular weight excluding hydrogens is 535 g/mol. The van der Waals surface area contributed by atoms with E-state index < -0.39 is 24.3 Å². The first kappa shape index (κ1) is 29.7. The number of halogens is 7. The zero-order chi connectivity index (χ0) is 28.5.